The molecule has 0 spiro atoms. The van der Waals surface area contributed by atoms with Gasteiger partial charge in [-0.3, -0.25) is 4.90 Å². The van der Waals surface area contributed by atoms with E-state index in [0.29, 0.717) is 12.6 Å². The summed E-state index contributed by atoms with van der Waals surface area (Å²) < 4.78 is 13.4. The zero-order valence-electron chi connectivity index (χ0n) is 11.2. The van der Waals surface area contributed by atoms with Crippen molar-refractivity contribution in [1.29, 1.82) is 0 Å². The van der Waals surface area contributed by atoms with E-state index in [-0.39, 0.29) is 5.82 Å². The Morgan fingerprint density at radius 1 is 1.28 bits per heavy atom. The van der Waals surface area contributed by atoms with E-state index in [1.165, 1.54) is 31.7 Å². The van der Waals surface area contributed by atoms with E-state index in [0.717, 1.165) is 24.2 Å². The molecule has 2 N–H and O–H groups in total. The van der Waals surface area contributed by atoms with Crippen molar-refractivity contribution in [2.24, 2.45) is 5.73 Å². The SMILES string of the molecule is CC1CCCCCN1Cc1cc(F)ccc1CN. The lowest BCUT2D eigenvalue weighted by atomic mass is 10.1. The average Bonchev–Trinajstić information content (AvgIpc) is 2.55. The molecule has 0 bridgehead atoms. The number of hydrogen-bond donors (Lipinski definition) is 1. The molecule has 2 rings (SSSR count). The third-order valence-electron chi connectivity index (χ3n) is 3.95. The van der Waals surface area contributed by atoms with E-state index >= 15 is 0 Å². The molecule has 1 unspecified atom stereocenters. The molecule has 3 heteroatoms. The summed E-state index contributed by atoms with van der Waals surface area (Å²) in [5.74, 6) is -0.162. The van der Waals surface area contributed by atoms with Crippen molar-refractivity contribution in [1.82, 2.24) is 4.90 Å². The maximum Gasteiger partial charge on any atom is 0.123 e. The van der Waals surface area contributed by atoms with E-state index in [1.807, 2.05) is 6.07 Å². The highest BCUT2D eigenvalue weighted by Crippen LogP contribution is 2.21. The lowest BCUT2D eigenvalue weighted by molar-refractivity contribution is 0.204. The van der Waals surface area contributed by atoms with Crippen LogP contribution >= 0.6 is 0 Å². The highest BCUT2D eigenvalue weighted by atomic mass is 19.1. The molecule has 1 saturated heterocycles. The molecule has 1 aromatic rings. The maximum absolute atomic E-state index is 13.4. The number of rotatable bonds is 3. The minimum atomic E-state index is -0.162. The van der Waals surface area contributed by atoms with Crippen LogP contribution in [0.4, 0.5) is 4.39 Å². The molecule has 1 aliphatic heterocycles. The van der Waals surface area contributed by atoms with Crippen molar-refractivity contribution in [2.75, 3.05) is 6.54 Å². The smallest absolute Gasteiger partial charge is 0.123 e. The first kappa shape index (κ1) is 13.5. The second kappa shape index (κ2) is 6.30. The van der Waals surface area contributed by atoms with Gasteiger partial charge in [0.15, 0.2) is 0 Å². The number of hydrogen-bond acceptors (Lipinski definition) is 2. The lowest BCUT2D eigenvalue weighted by Crippen LogP contribution is -2.32. The van der Waals surface area contributed by atoms with Gasteiger partial charge in [0.1, 0.15) is 5.82 Å². The van der Waals surface area contributed by atoms with Crippen LogP contribution in [0.2, 0.25) is 0 Å². The second-order valence-corrected chi connectivity index (χ2v) is 5.29. The Morgan fingerprint density at radius 3 is 2.89 bits per heavy atom. The van der Waals surface area contributed by atoms with Gasteiger partial charge in [-0.25, -0.2) is 4.39 Å². The molecule has 0 aromatic heterocycles. The molecule has 18 heavy (non-hydrogen) atoms. The third kappa shape index (κ3) is 3.30. The Morgan fingerprint density at radius 2 is 2.11 bits per heavy atom. The topological polar surface area (TPSA) is 29.3 Å². The highest BCUT2D eigenvalue weighted by Gasteiger charge is 2.18. The van der Waals surface area contributed by atoms with Crippen molar-refractivity contribution in [3.05, 3.63) is 35.1 Å². The largest absolute Gasteiger partial charge is 0.326 e. The van der Waals surface area contributed by atoms with E-state index in [4.69, 9.17) is 5.73 Å². The summed E-state index contributed by atoms with van der Waals surface area (Å²) in [5, 5.41) is 0. The standard InChI is InChI=1S/C15H23FN2/c1-12-5-3-2-4-8-18(12)11-14-9-15(16)7-6-13(14)10-17/h6-7,9,12H,2-5,8,10-11,17H2,1H3. The molecular weight excluding hydrogens is 227 g/mol. The minimum absolute atomic E-state index is 0.162. The van der Waals surface area contributed by atoms with Crippen LogP contribution in [0.1, 0.15) is 43.7 Å². The zero-order chi connectivity index (χ0) is 13.0. The molecule has 1 aliphatic rings. The number of nitrogens with zero attached hydrogens (tertiary/aromatic N) is 1. The average molecular weight is 250 g/mol. The molecule has 0 amide bonds. The van der Waals surface area contributed by atoms with E-state index < -0.39 is 0 Å². The quantitative estimate of drug-likeness (QED) is 0.893. The van der Waals surface area contributed by atoms with Gasteiger partial charge in [0.2, 0.25) is 0 Å². The molecule has 0 aliphatic carbocycles. The van der Waals surface area contributed by atoms with Gasteiger partial charge in [-0.05, 0) is 49.6 Å². The van der Waals surface area contributed by atoms with Gasteiger partial charge < -0.3 is 5.73 Å². The van der Waals surface area contributed by atoms with Gasteiger partial charge in [0, 0.05) is 19.1 Å². The summed E-state index contributed by atoms with van der Waals surface area (Å²) in [4.78, 5) is 2.46. The summed E-state index contributed by atoms with van der Waals surface area (Å²) in [6.45, 7) is 4.69. The molecule has 0 radical (unpaired) electrons. The molecule has 1 atom stereocenters. The summed E-state index contributed by atoms with van der Waals surface area (Å²) in [6.07, 6.45) is 5.11. The Labute approximate surface area is 109 Å². The molecule has 100 valence electrons. The monoisotopic (exact) mass is 250 g/mol. The van der Waals surface area contributed by atoms with Crippen LogP contribution in [-0.2, 0) is 13.1 Å². The Hall–Kier alpha value is -0.930. The van der Waals surface area contributed by atoms with Crippen LogP contribution in [0.5, 0.6) is 0 Å². The fraction of sp³-hybridized carbons (Fsp3) is 0.600. The van der Waals surface area contributed by atoms with Crippen molar-refractivity contribution < 1.29 is 4.39 Å². The molecule has 1 fully saturated rings. The van der Waals surface area contributed by atoms with Crippen molar-refractivity contribution in [2.45, 2.75) is 51.7 Å². The first-order valence-corrected chi connectivity index (χ1v) is 6.92. The van der Waals surface area contributed by atoms with E-state index in [2.05, 4.69) is 11.8 Å². The van der Waals surface area contributed by atoms with Gasteiger partial charge >= 0.3 is 0 Å². The molecule has 2 nitrogen and oxygen atoms in total. The number of benzene rings is 1. The summed E-state index contributed by atoms with van der Waals surface area (Å²) in [7, 11) is 0. The first-order chi connectivity index (χ1) is 8.70. The van der Waals surface area contributed by atoms with Gasteiger partial charge in [-0.1, -0.05) is 18.9 Å². The second-order valence-electron chi connectivity index (χ2n) is 5.29. The van der Waals surface area contributed by atoms with Crippen LogP contribution in [0.25, 0.3) is 0 Å². The number of halogens is 1. The van der Waals surface area contributed by atoms with Crippen LogP contribution in [0.3, 0.4) is 0 Å². The van der Waals surface area contributed by atoms with E-state index in [9.17, 15) is 4.39 Å². The molecule has 0 saturated carbocycles. The Bertz CT molecular complexity index is 392. The Kier molecular flexibility index (Phi) is 4.72. The fourth-order valence-electron chi connectivity index (χ4n) is 2.73. The third-order valence-corrected chi connectivity index (χ3v) is 3.95. The van der Waals surface area contributed by atoms with Crippen LogP contribution in [-0.4, -0.2) is 17.5 Å². The van der Waals surface area contributed by atoms with Crippen LogP contribution in [0.15, 0.2) is 18.2 Å². The van der Waals surface area contributed by atoms with Crippen molar-refractivity contribution in [3.63, 3.8) is 0 Å². The first-order valence-electron chi connectivity index (χ1n) is 6.92. The number of nitrogens with two attached hydrogens (primary N) is 1. The zero-order valence-corrected chi connectivity index (χ0v) is 11.2. The Balaban J connectivity index is 2.13. The van der Waals surface area contributed by atoms with E-state index in [1.54, 1.807) is 6.07 Å². The summed E-state index contributed by atoms with van der Waals surface area (Å²) >= 11 is 0. The van der Waals surface area contributed by atoms with Gasteiger partial charge in [0.05, 0.1) is 0 Å². The fourth-order valence-corrected chi connectivity index (χ4v) is 2.73. The summed E-state index contributed by atoms with van der Waals surface area (Å²) in [5.41, 5.74) is 7.84. The van der Waals surface area contributed by atoms with Gasteiger partial charge in [0.25, 0.3) is 0 Å². The highest BCUT2D eigenvalue weighted by molar-refractivity contribution is 5.27. The number of likely N-dealkylation sites (tertiary alicyclic amines) is 1. The molecular formula is C15H23FN2. The van der Waals surface area contributed by atoms with Gasteiger partial charge in [-0.2, -0.15) is 0 Å². The van der Waals surface area contributed by atoms with Gasteiger partial charge in [-0.15, -0.1) is 0 Å². The maximum atomic E-state index is 13.4. The summed E-state index contributed by atoms with van der Waals surface area (Å²) in [6, 6.07) is 5.53. The molecule has 1 heterocycles. The minimum Gasteiger partial charge on any atom is -0.326 e. The van der Waals surface area contributed by atoms with Crippen LogP contribution < -0.4 is 5.73 Å². The molecule has 1 aromatic carbocycles. The lowest BCUT2D eigenvalue weighted by Gasteiger charge is -2.27. The van der Waals surface area contributed by atoms with Crippen LogP contribution in [0, 0.1) is 5.82 Å². The predicted molar refractivity (Wildman–Crippen MR) is 72.6 cm³/mol. The normalized spacial score (nSPS) is 21.8. The van der Waals surface area contributed by atoms with Crippen molar-refractivity contribution in [3.8, 4) is 0 Å². The predicted octanol–water partition coefficient (Wildman–Crippen LogP) is 3.05. The van der Waals surface area contributed by atoms with Crippen molar-refractivity contribution >= 4 is 0 Å².